The van der Waals surface area contributed by atoms with Gasteiger partial charge in [0, 0.05) is 29.9 Å². The zero-order valence-corrected chi connectivity index (χ0v) is 17.4. The van der Waals surface area contributed by atoms with Crippen molar-refractivity contribution in [3.8, 4) is 0 Å². The van der Waals surface area contributed by atoms with Crippen LogP contribution in [0.25, 0.3) is 0 Å². The molecule has 0 aliphatic carbocycles. The van der Waals surface area contributed by atoms with Gasteiger partial charge in [0.1, 0.15) is 0 Å². The highest BCUT2D eigenvalue weighted by molar-refractivity contribution is 9.10. The Morgan fingerprint density at radius 3 is 2.42 bits per heavy atom. The van der Waals surface area contributed by atoms with Gasteiger partial charge in [0.25, 0.3) is 5.24 Å². The first-order chi connectivity index (χ1) is 12.5. The van der Waals surface area contributed by atoms with E-state index in [0.717, 1.165) is 40.4 Å². The number of amides is 2. The zero-order valence-electron chi connectivity index (χ0n) is 15.0. The molecule has 0 bridgehead atoms. The topological polar surface area (TPSA) is 49.4 Å². The van der Waals surface area contributed by atoms with Crippen LogP contribution in [0.1, 0.15) is 24.8 Å². The van der Waals surface area contributed by atoms with Gasteiger partial charge in [0.05, 0.1) is 5.69 Å². The first-order valence-electron chi connectivity index (χ1n) is 8.48. The van der Waals surface area contributed by atoms with Gasteiger partial charge >= 0.3 is 0 Å². The number of carbonyl (C=O) groups excluding carboxylic acids is 2. The van der Waals surface area contributed by atoms with E-state index in [1.165, 1.54) is 10.5 Å². The van der Waals surface area contributed by atoms with Gasteiger partial charge in [-0.25, -0.2) is 0 Å². The van der Waals surface area contributed by atoms with Crippen LogP contribution in [-0.2, 0) is 11.2 Å². The lowest BCUT2D eigenvalue weighted by molar-refractivity contribution is -0.116. The lowest BCUT2D eigenvalue weighted by atomic mass is 10.1. The number of hydrogen-bond acceptors (Lipinski definition) is 3. The second kappa shape index (κ2) is 10.4. The summed E-state index contributed by atoms with van der Waals surface area (Å²) in [7, 11) is 3.42. The molecule has 0 saturated heterocycles. The summed E-state index contributed by atoms with van der Waals surface area (Å²) in [6, 6.07) is 15.6. The molecule has 0 unspecified atom stereocenters. The van der Waals surface area contributed by atoms with Crippen LogP contribution < -0.4 is 5.32 Å². The number of para-hydroxylation sites is 1. The van der Waals surface area contributed by atoms with Gasteiger partial charge < -0.3 is 10.2 Å². The molecule has 0 aromatic heterocycles. The number of carbonyl (C=O) groups is 2. The van der Waals surface area contributed by atoms with Crippen molar-refractivity contribution in [2.75, 3.05) is 19.4 Å². The molecule has 2 amide bonds. The minimum absolute atomic E-state index is 0.0221. The maximum absolute atomic E-state index is 12.2. The number of rotatable bonds is 7. The van der Waals surface area contributed by atoms with Crippen molar-refractivity contribution < 1.29 is 9.59 Å². The van der Waals surface area contributed by atoms with Gasteiger partial charge in [-0.3, -0.25) is 9.59 Å². The SMILES string of the molecule is CN(C)C(=O)Sc1ccccc1NC(=O)CCCCc1ccc(Br)cc1. The third-order valence-corrected chi connectivity index (χ3v) is 5.40. The Hall–Kier alpha value is -1.79. The van der Waals surface area contributed by atoms with Gasteiger partial charge in [-0.05, 0) is 60.9 Å². The molecule has 2 rings (SSSR count). The molecular formula is C20H23BrN2O2S. The number of hydrogen-bond donors (Lipinski definition) is 1. The zero-order chi connectivity index (χ0) is 18.9. The Kier molecular flexibility index (Phi) is 8.19. The Bertz CT molecular complexity index is 748. The third-order valence-electron chi connectivity index (χ3n) is 3.76. The van der Waals surface area contributed by atoms with Crippen molar-refractivity contribution >= 4 is 44.5 Å². The van der Waals surface area contributed by atoms with Crippen molar-refractivity contribution in [3.05, 3.63) is 58.6 Å². The summed E-state index contributed by atoms with van der Waals surface area (Å²) in [5, 5.41) is 2.86. The summed E-state index contributed by atoms with van der Waals surface area (Å²) in [6.45, 7) is 0. The van der Waals surface area contributed by atoms with Gasteiger partial charge in [0.2, 0.25) is 5.91 Å². The number of aryl methyl sites for hydroxylation is 1. The predicted molar refractivity (Wildman–Crippen MR) is 112 cm³/mol. The van der Waals surface area contributed by atoms with E-state index < -0.39 is 0 Å². The molecule has 0 radical (unpaired) electrons. The van der Waals surface area contributed by atoms with E-state index in [1.54, 1.807) is 14.1 Å². The predicted octanol–water partition coefficient (Wildman–Crippen LogP) is 5.57. The highest BCUT2D eigenvalue weighted by atomic mass is 79.9. The number of benzene rings is 2. The first kappa shape index (κ1) is 20.5. The summed E-state index contributed by atoms with van der Waals surface area (Å²) >= 11 is 4.54. The number of halogens is 1. The van der Waals surface area contributed by atoms with Crippen molar-refractivity contribution in [2.45, 2.75) is 30.6 Å². The van der Waals surface area contributed by atoms with E-state index in [2.05, 4.69) is 33.4 Å². The smallest absolute Gasteiger partial charge is 0.286 e. The van der Waals surface area contributed by atoms with E-state index in [9.17, 15) is 9.59 Å². The lowest BCUT2D eigenvalue weighted by Gasteiger charge is -2.13. The third kappa shape index (κ3) is 6.84. The summed E-state index contributed by atoms with van der Waals surface area (Å²) in [5.41, 5.74) is 1.96. The fraction of sp³-hybridized carbons (Fsp3) is 0.300. The van der Waals surface area contributed by atoms with Crippen molar-refractivity contribution in [1.82, 2.24) is 4.90 Å². The van der Waals surface area contributed by atoms with Crippen LogP contribution in [0.15, 0.2) is 57.9 Å². The second-order valence-electron chi connectivity index (χ2n) is 6.14. The lowest BCUT2D eigenvalue weighted by Crippen LogP contribution is -2.17. The highest BCUT2D eigenvalue weighted by Gasteiger charge is 2.12. The van der Waals surface area contributed by atoms with E-state index >= 15 is 0 Å². The average molecular weight is 435 g/mol. The van der Waals surface area contributed by atoms with Crippen LogP contribution in [-0.4, -0.2) is 30.1 Å². The standard InChI is InChI=1S/C20H23BrN2O2S/c1-23(2)20(25)26-18-9-5-4-8-17(18)22-19(24)10-6-3-7-15-11-13-16(21)14-12-15/h4-5,8-9,11-14H,3,6-7,10H2,1-2H3,(H,22,24). The van der Waals surface area contributed by atoms with Crippen LogP contribution in [0.4, 0.5) is 10.5 Å². The minimum Gasteiger partial charge on any atom is -0.339 e. The number of unbranched alkanes of at least 4 members (excludes halogenated alkanes) is 1. The fourth-order valence-electron chi connectivity index (χ4n) is 2.32. The Labute approximate surface area is 167 Å². The molecule has 0 heterocycles. The van der Waals surface area contributed by atoms with Crippen LogP contribution >= 0.6 is 27.7 Å². The molecular weight excluding hydrogens is 412 g/mol. The van der Waals surface area contributed by atoms with Crippen LogP contribution in [0.5, 0.6) is 0 Å². The van der Waals surface area contributed by atoms with Gasteiger partial charge in [-0.2, -0.15) is 0 Å². The number of thioether (sulfide) groups is 1. The van der Waals surface area contributed by atoms with Gasteiger partial charge in [-0.15, -0.1) is 0 Å². The average Bonchev–Trinajstić information content (AvgIpc) is 2.62. The van der Waals surface area contributed by atoms with Crippen LogP contribution in [0, 0.1) is 0 Å². The number of nitrogens with zero attached hydrogens (tertiary/aromatic N) is 1. The molecule has 0 atom stereocenters. The van der Waals surface area contributed by atoms with Gasteiger partial charge in [-0.1, -0.05) is 40.2 Å². The first-order valence-corrected chi connectivity index (χ1v) is 10.1. The maximum Gasteiger partial charge on any atom is 0.286 e. The summed E-state index contributed by atoms with van der Waals surface area (Å²) in [5.74, 6) is -0.0221. The van der Waals surface area contributed by atoms with Gasteiger partial charge in [0.15, 0.2) is 0 Å². The summed E-state index contributed by atoms with van der Waals surface area (Å²) < 4.78 is 1.07. The van der Waals surface area contributed by atoms with Crippen molar-refractivity contribution in [3.63, 3.8) is 0 Å². The van der Waals surface area contributed by atoms with Crippen molar-refractivity contribution in [2.24, 2.45) is 0 Å². The van der Waals surface area contributed by atoms with E-state index in [0.29, 0.717) is 12.1 Å². The summed E-state index contributed by atoms with van der Waals surface area (Å²) in [4.78, 5) is 26.4. The molecule has 4 nitrogen and oxygen atoms in total. The largest absolute Gasteiger partial charge is 0.339 e. The Morgan fingerprint density at radius 2 is 1.73 bits per heavy atom. The fourth-order valence-corrected chi connectivity index (χ4v) is 3.33. The maximum atomic E-state index is 12.2. The molecule has 0 fully saturated rings. The van der Waals surface area contributed by atoms with E-state index in [-0.39, 0.29) is 11.1 Å². The molecule has 138 valence electrons. The van der Waals surface area contributed by atoms with Crippen molar-refractivity contribution in [1.29, 1.82) is 0 Å². The minimum atomic E-state index is -0.0683. The van der Waals surface area contributed by atoms with Crippen LogP contribution in [0.2, 0.25) is 0 Å². The molecule has 0 saturated carbocycles. The highest BCUT2D eigenvalue weighted by Crippen LogP contribution is 2.28. The number of nitrogens with one attached hydrogen (secondary N) is 1. The Balaban J connectivity index is 1.80. The summed E-state index contributed by atoms with van der Waals surface area (Å²) in [6.07, 6.45) is 3.22. The Morgan fingerprint density at radius 1 is 1.04 bits per heavy atom. The number of anilines is 1. The van der Waals surface area contributed by atoms with Crippen LogP contribution in [0.3, 0.4) is 0 Å². The quantitative estimate of drug-likeness (QED) is 0.457. The second-order valence-corrected chi connectivity index (χ2v) is 8.05. The molecule has 0 aliphatic rings. The van der Waals surface area contributed by atoms with E-state index in [1.807, 2.05) is 36.4 Å². The normalized spacial score (nSPS) is 10.4. The molecule has 2 aromatic rings. The molecule has 1 N–H and O–H groups in total. The van der Waals surface area contributed by atoms with E-state index in [4.69, 9.17) is 0 Å². The molecule has 6 heteroatoms. The molecule has 2 aromatic carbocycles. The molecule has 0 spiro atoms. The monoisotopic (exact) mass is 434 g/mol. The molecule has 0 aliphatic heterocycles. The molecule has 26 heavy (non-hydrogen) atoms.